The largest absolute Gasteiger partial charge is 0.338 e. The van der Waals surface area contributed by atoms with Gasteiger partial charge in [0.15, 0.2) is 5.82 Å². The quantitative estimate of drug-likeness (QED) is 0.829. The van der Waals surface area contributed by atoms with Crippen molar-refractivity contribution >= 4 is 5.91 Å². The van der Waals surface area contributed by atoms with Gasteiger partial charge in [0.05, 0.1) is 6.04 Å². The lowest BCUT2D eigenvalue weighted by molar-refractivity contribution is -0.132. The number of likely N-dealkylation sites (tertiary alicyclic amines) is 2. The third kappa shape index (κ3) is 2.85. The number of rotatable bonds is 5. The Labute approximate surface area is 143 Å². The van der Waals surface area contributed by atoms with E-state index in [0.717, 1.165) is 44.1 Å². The first kappa shape index (κ1) is 16.1. The van der Waals surface area contributed by atoms with Crippen molar-refractivity contribution in [2.24, 2.45) is 0 Å². The third-order valence-corrected chi connectivity index (χ3v) is 5.96. The standard InChI is InChI=1S/C18H28N4O2/c1-3-16(23)22-11-5-7-15(22)14-6-4-10-21(14)12(2)18-19-17(20-24-18)13-8-9-13/h12-15H,3-11H2,1-2H3/t12-,14-,15+/m0/s1. The van der Waals surface area contributed by atoms with Crippen molar-refractivity contribution in [3.05, 3.63) is 11.7 Å². The maximum absolute atomic E-state index is 12.3. The van der Waals surface area contributed by atoms with Gasteiger partial charge in [0.2, 0.25) is 11.8 Å². The first-order valence-electron chi connectivity index (χ1n) is 9.57. The molecule has 3 fully saturated rings. The second-order valence-electron chi connectivity index (χ2n) is 7.54. The molecule has 1 aromatic heterocycles. The molecule has 1 aromatic rings. The van der Waals surface area contributed by atoms with Gasteiger partial charge in [-0.2, -0.15) is 4.98 Å². The highest BCUT2D eigenvalue weighted by Gasteiger charge is 2.42. The van der Waals surface area contributed by atoms with Gasteiger partial charge in [-0.05, 0) is 52.0 Å². The summed E-state index contributed by atoms with van der Waals surface area (Å²) >= 11 is 0. The summed E-state index contributed by atoms with van der Waals surface area (Å²) in [4.78, 5) is 21.5. The molecule has 24 heavy (non-hydrogen) atoms. The van der Waals surface area contributed by atoms with Crippen LogP contribution < -0.4 is 0 Å². The maximum Gasteiger partial charge on any atom is 0.243 e. The van der Waals surface area contributed by atoms with Gasteiger partial charge in [-0.3, -0.25) is 9.69 Å². The van der Waals surface area contributed by atoms with Crippen LogP contribution in [0.15, 0.2) is 4.52 Å². The molecule has 0 unspecified atom stereocenters. The van der Waals surface area contributed by atoms with Crippen LogP contribution in [0.5, 0.6) is 0 Å². The zero-order chi connectivity index (χ0) is 16.7. The molecule has 2 saturated heterocycles. The van der Waals surface area contributed by atoms with E-state index in [1.165, 1.54) is 19.3 Å². The molecule has 1 aliphatic carbocycles. The van der Waals surface area contributed by atoms with Crippen molar-refractivity contribution in [2.45, 2.75) is 82.8 Å². The van der Waals surface area contributed by atoms with E-state index in [1.54, 1.807) is 0 Å². The molecule has 6 nitrogen and oxygen atoms in total. The zero-order valence-electron chi connectivity index (χ0n) is 14.8. The molecule has 132 valence electrons. The van der Waals surface area contributed by atoms with Gasteiger partial charge in [-0.1, -0.05) is 12.1 Å². The van der Waals surface area contributed by atoms with Crippen molar-refractivity contribution in [2.75, 3.05) is 13.1 Å². The van der Waals surface area contributed by atoms with E-state index < -0.39 is 0 Å². The minimum Gasteiger partial charge on any atom is -0.338 e. The summed E-state index contributed by atoms with van der Waals surface area (Å²) in [6.45, 7) is 6.11. The van der Waals surface area contributed by atoms with Crippen molar-refractivity contribution in [3.8, 4) is 0 Å². The van der Waals surface area contributed by atoms with E-state index >= 15 is 0 Å². The molecule has 3 aliphatic rings. The summed E-state index contributed by atoms with van der Waals surface area (Å²) in [6.07, 6.45) is 7.58. The van der Waals surface area contributed by atoms with Crippen molar-refractivity contribution < 1.29 is 9.32 Å². The highest BCUT2D eigenvalue weighted by atomic mass is 16.5. The monoisotopic (exact) mass is 332 g/mol. The number of nitrogens with zero attached hydrogens (tertiary/aromatic N) is 4. The number of carbonyl (C=O) groups is 1. The fourth-order valence-electron chi connectivity index (χ4n) is 4.48. The highest BCUT2D eigenvalue weighted by Crippen LogP contribution is 2.40. The van der Waals surface area contributed by atoms with Crippen LogP contribution in [0, 0.1) is 0 Å². The Kier molecular flexibility index (Phi) is 4.33. The average Bonchev–Trinajstić information content (AvgIpc) is 3.04. The number of amides is 1. The average molecular weight is 332 g/mol. The Balaban J connectivity index is 1.50. The zero-order valence-corrected chi connectivity index (χ0v) is 14.8. The van der Waals surface area contributed by atoms with Crippen LogP contribution in [-0.2, 0) is 4.79 Å². The SMILES string of the molecule is CCC(=O)N1CCC[C@@H]1[C@@H]1CCCN1[C@@H](C)c1nc(C2CC2)no1. The second-order valence-corrected chi connectivity index (χ2v) is 7.54. The van der Waals surface area contributed by atoms with E-state index in [1.807, 2.05) is 6.92 Å². The minimum absolute atomic E-state index is 0.136. The predicted octanol–water partition coefficient (Wildman–Crippen LogP) is 2.87. The van der Waals surface area contributed by atoms with Gasteiger partial charge >= 0.3 is 0 Å². The molecule has 2 aliphatic heterocycles. The van der Waals surface area contributed by atoms with E-state index in [4.69, 9.17) is 4.52 Å². The fourth-order valence-corrected chi connectivity index (χ4v) is 4.48. The number of hydrogen-bond donors (Lipinski definition) is 0. The molecule has 0 aromatic carbocycles. The molecule has 0 bridgehead atoms. The summed E-state index contributed by atoms with van der Waals surface area (Å²) in [5.41, 5.74) is 0. The summed E-state index contributed by atoms with van der Waals surface area (Å²) < 4.78 is 5.56. The summed E-state index contributed by atoms with van der Waals surface area (Å²) in [5.74, 6) is 2.45. The molecule has 0 N–H and O–H groups in total. The van der Waals surface area contributed by atoms with Gasteiger partial charge < -0.3 is 9.42 Å². The number of carbonyl (C=O) groups excluding carboxylic acids is 1. The lowest BCUT2D eigenvalue weighted by Gasteiger charge is -2.36. The van der Waals surface area contributed by atoms with Crippen LogP contribution in [0.4, 0.5) is 0 Å². The van der Waals surface area contributed by atoms with Crippen molar-refractivity contribution in [1.29, 1.82) is 0 Å². The number of hydrogen-bond acceptors (Lipinski definition) is 5. The van der Waals surface area contributed by atoms with Gasteiger partial charge in [-0.15, -0.1) is 0 Å². The second kappa shape index (κ2) is 6.47. The van der Waals surface area contributed by atoms with Crippen LogP contribution in [0.1, 0.15) is 82.5 Å². The fraction of sp³-hybridized carbons (Fsp3) is 0.833. The lowest BCUT2D eigenvalue weighted by Crippen LogP contribution is -2.48. The lowest BCUT2D eigenvalue weighted by atomic mass is 10.0. The molecule has 4 rings (SSSR count). The Bertz CT molecular complexity index is 598. The Morgan fingerprint density at radius 1 is 1.21 bits per heavy atom. The van der Waals surface area contributed by atoms with E-state index in [9.17, 15) is 4.79 Å². The summed E-state index contributed by atoms with van der Waals surface area (Å²) in [6, 6.07) is 0.916. The summed E-state index contributed by atoms with van der Waals surface area (Å²) in [7, 11) is 0. The highest BCUT2D eigenvalue weighted by molar-refractivity contribution is 5.76. The molecule has 1 amide bonds. The van der Waals surface area contributed by atoms with Crippen LogP contribution >= 0.6 is 0 Å². The van der Waals surface area contributed by atoms with Gasteiger partial charge in [-0.25, -0.2) is 0 Å². The third-order valence-electron chi connectivity index (χ3n) is 5.96. The minimum atomic E-state index is 0.136. The van der Waals surface area contributed by atoms with Gasteiger partial charge in [0.25, 0.3) is 0 Å². The Morgan fingerprint density at radius 3 is 2.71 bits per heavy atom. The van der Waals surface area contributed by atoms with Crippen LogP contribution in [-0.4, -0.2) is 51.0 Å². The first-order chi connectivity index (χ1) is 11.7. The van der Waals surface area contributed by atoms with Crippen LogP contribution in [0.2, 0.25) is 0 Å². The molecular weight excluding hydrogens is 304 g/mol. The number of aromatic nitrogens is 2. The van der Waals surface area contributed by atoms with Crippen LogP contribution in [0.3, 0.4) is 0 Å². The molecule has 3 atom stereocenters. The summed E-state index contributed by atoms with van der Waals surface area (Å²) in [5, 5.41) is 4.17. The molecule has 1 saturated carbocycles. The Hall–Kier alpha value is -1.43. The molecule has 0 spiro atoms. The topological polar surface area (TPSA) is 62.5 Å². The normalized spacial score (nSPS) is 29.3. The maximum atomic E-state index is 12.3. The molecule has 6 heteroatoms. The van der Waals surface area contributed by atoms with Crippen LogP contribution in [0.25, 0.3) is 0 Å². The molecular formula is C18H28N4O2. The predicted molar refractivity (Wildman–Crippen MR) is 89.4 cm³/mol. The smallest absolute Gasteiger partial charge is 0.243 e. The molecule has 0 radical (unpaired) electrons. The Morgan fingerprint density at radius 2 is 1.96 bits per heavy atom. The van der Waals surface area contributed by atoms with E-state index in [0.29, 0.717) is 30.3 Å². The van der Waals surface area contributed by atoms with Crippen molar-refractivity contribution in [3.63, 3.8) is 0 Å². The first-order valence-corrected chi connectivity index (χ1v) is 9.57. The van der Waals surface area contributed by atoms with Crippen molar-refractivity contribution in [1.82, 2.24) is 19.9 Å². The molecule has 3 heterocycles. The van der Waals surface area contributed by atoms with E-state index in [2.05, 4.69) is 26.9 Å². The van der Waals surface area contributed by atoms with Gasteiger partial charge in [0, 0.05) is 31.0 Å². The van der Waals surface area contributed by atoms with E-state index in [-0.39, 0.29) is 6.04 Å². The van der Waals surface area contributed by atoms with Gasteiger partial charge in [0.1, 0.15) is 0 Å².